The predicted octanol–water partition coefficient (Wildman–Crippen LogP) is 0.296. The summed E-state index contributed by atoms with van der Waals surface area (Å²) in [5, 5.41) is 16.6. The molecule has 0 aliphatic heterocycles. The number of aromatic amines is 1. The molecule has 1 aromatic carbocycles. The highest BCUT2D eigenvalue weighted by atomic mass is 16.3. The summed E-state index contributed by atoms with van der Waals surface area (Å²) in [5.74, 6) is -0.266. The summed E-state index contributed by atoms with van der Waals surface area (Å²) in [6.45, 7) is 0. The Morgan fingerprint density at radius 2 is 2.36 bits per heavy atom. The number of benzene rings is 1. The molecule has 0 saturated carbocycles. The molecule has 1 amide bonds. The van der Waals surface area contributed by atoms with Crippen molar-refractivity contribution in [2.45, 2.75) is 6.42 Å². The zero-order chi connectivity index (χ0) is 10.1. The van der Waals surface area contributed by atoms with Crippen molar-refractivity contribution >= 4 is 16.8 Å². The highest BCUT2D eigenvalue weighted by Crippen LogP contribution is 2.20. The van der Waals surface area contributed by atoms with Gasteiger partial charge in [0.05, 0.1) is 17.6 Å². The molecule has 0 radical (unpaired) electrons. The van der Waals surface area contributed by atoms with Crippen molar-refractivity contribution < 1.29 is 9.90 Å². The van der Waals surface area contributed by atoms with Gasteiger partial charge in [-0.15, -0.1) is 0 Å². The van der Waals surface area contributed by atoms with Gasteiger partial charge in [-0.2, -0.15) is 5.10 Å². The Labute approximate surface area is 79.5 Å². The molecular formula is C9H9N3O2. The third-order valence-corrected chi connectivity index (χ3v) is 1.97. The van der Waals surface area contributed by atoms with Crippen LogP contribution in [0.1, 0.15) is 5.69 Å². The number of hydrogen-bond acceptors (Lipinski definition) is 3. The molecule has 0 atom stereocenters. The van der Waals surface area contributed by atoms with Gasteiger partial charge in [-0.3, -0.25) is 9.89 Å². The van der Waals surface area contributed by atoms with Gasteiger partial charge in [-0.05, 0) is 12.1 Å². The maximum atomic E-state index is 10.7. The lowest BCUT2D eigenvalue weighted by Crippen LogP contribution is -2.13. The first-order valence-corrected chi connectivity index (χ1v) is 4.11. The third kappa shape index (κ3) is 1.39. The molecule has 0 unspecified atom stereocenters. The minimum absolute atomic E-state index is 0.126. The van der Waals surface area contributed by atoms with Crippen LogP contribution >= 0.6 is 0 Å². The average molecular weight is 191 g/mol. The fourth-order valence-corrected chi connectivity index (χ4v) is 1.36. The van der Waals surface area contributed by atoms with E-state index < -0.39 is 5.91 Å². The van der Waals surface area contributed by atoms with Crippen LogP contribution in [0.3, 0.4) is 0 Å². The fraction of sp³-hybridized carbons (Fsp3) is 0.111. The Bertz CT molecular complexity index is 490. The van der Waals surface area contributed by atoms with Crippen LogP contribution in [0.2, 0.25) is 0 Å². The van der Waals surface area contributed by atoms with Crippen molar-refractivity contribution in [3.63, 3.8) is 0 Å². The predicted molar refractivity (Wildman–Crippen MR) is 50.7 cm³/mol. The van der Waals surface area contributed by atoms with Crippen molar-refractivity contribution in [3.8, 4) is 5.75 Å². The molecule has 1 aromatic heterocycles. The van der Waals surface area contributed by atoms with Crippen LogP contribution in [0.4, 0.5) is 0 Å². The van der Waals surface area contributed by atoms with Crippen LogP contribution in [0, 0.1) is 0 Å². The summed E-state index contributed by atoms with van der Waals surface area (Å²) in [6, 6.07) is 4.77. The monoisotopic (exact) mass is 191 g/mol. The molecule has 14 heavy (non-hydrogen) atoms. The van der Waals surface area contributed by atoms with E-state index >= 15 is 0 Å². The third-order valence-electron chi connectivity index (χ3n) is 1.97. The van der Waals surface area contributed by atoms with Crippen LogP contribution in [0.15, 0.2) is 18.2 Å². The van der Waals surface area contributed by atoms with Gasteiger partial charge >= 0.3 is 0 Å². The van der Waals surface area contributed by atoms with E-state index in [2.05, 4.69) is 10.2 Å². The zero-order valence-corrected chi connectivity index (χ0v) is 7.32. The van der Waals surface area contributed by atoms with Crippen LogP contribution in [0.5, 0.6) is 5.75 Å². The summed E-state index contributed by atoms with van der Waals surface area (Å²) in [5.41, 5.74) is 6.37. The number of carbonyl (C=O) groups is 1. The standard InChI is InChI=1S/C9H9N3O2/c10-9(14)4-8-6-2-1-5(13)3-7(6)11-12-8/h1-3,13H,4H2,(H2,10,14)(H,11,12). The molecule has 5 heteroatoms. The topological polar surface area (TPSA) is 92.0 Å². The largest absolute Gasteiger partial charge is 0.508 e. The lowest BCUT2D eigenvalue weighted by molar-refractivity contribution is -0.117. The van der Waals surface area contributed by atoms with Crippen LogP contribution < -0.4 is 5.73 Å². The number of aromatic nitrogens is 2. The number of phenolic OH excluding ortho intramolecular Hbond substituents is 1. The van der Waals surface area contributed by atoms with Crippen LogP contribution in [0.25, 0.3) is 10.9 Å². The van der Waals surface area contributed by atoms with E-state index in [1.807, 2.05) is 0 Å². The molecule has 2 aromatic rings. The average Bonchev–Trinajstić information content (AvgIpc) is 2.47. The number of H-pyrrole nitrogens is 1. The summed E-state index contributed by atoms with van der Waals surface area (Å²) < 4.78 is 0. The van der Waals surface area contributed by atoms with Gasteiger partial charge in [0.15, 0.2) is 0 Å². The molecule has 0 aliphatic carbocycles. The zero-order valence-electron chi connectivity index (χ0n) is 7.32. The van der Waals surface area contributed by atoms with E-state index in [4.69, 9.17) is 5.73 Å². The van der Waals surface area contributed by atoms with Crippen molar-refractivity contribution in [2.24, 2.45) is 5.73 Å². The van der Waals surface area contributed by atoms with Crippen molar-refractivity contribution in [1.82, 2.24) is 10.2 Å². The molecule has 0 fully saturated rings. The minimum Gasteiger partial charge on any atom is -0.508 e. The Morgan fingerprint density at radius 1 is 1.57 bits per heavy atom. The number of primary amides is 1. The van der Waals surface area contributed by atoms with Crippen LogP contribution in [-0.2, 0) is 11.2 Å². The van der Waals surface area contributed by atoms with Crippen molar-refractivity contribution in [3.05, 3.63) is 23.9 Å². The van der Waals surface area contributed by atoms with E-state index in [9.17, 15) is 9.90 Å². The summed E-state index contributed by atoms with van der Waals surface area (Å²) in [6.07, 6.45) is 0.126. The van der Waals surface area contributed by atoms with Gasteiger partial charge in [-0.25, -0.2) is 0 Å². The maximum absolute atomic E-state index is 10.7. The minimum atomic E-state index is -0.413. The van der Waals surface area contributed by atoms with E-state index in [0.29, 0.717) is 11.2 Å². The first-order chi connectivity index (χ1) is 6.66. The Kier molecular flexibility index (Phi) is 1.85. The SMILES string of the molecule is NC(=O)Cc1[nH]nc2cc(O)ccc12. The smallest absolute Gasteiger partial charge is 0.223 e. The van der Waals surface area contributed by atoms with Gasteiger partial charge in [0.25, 0.3) is 0 Å². The summed E-state index contributed by atoms with van der Waals surface area (Å²) >= 11 is 0. The molecular weight excluding hydrogens is 182 g/mol. The first kappa shape index (κ1) is 8.55. The molecule has 2 rings (SSSR count). The highest BCUT2D eigenvalue weighted by Gasteiger charge is 2.07. The first-order valence-electron chi connectivity index (χ1n) is 4.11. The van der Waals surface area contributed by atoms with Gasteiger partial charge in [0, 0.05) is 11.5 Å². The molecule has 0 bridgehead atoms. The molecule has 0 saturated heterocycles. The molecule has 0 spiro atoms. The van der Waals surface area contributed by atoms with Gasteiger partial charge in [-0.1, -0.05) is 0 Å². The van der Waals surface area contributed by atoms with Gasteiger partial charge in [0.2, 0.25) is 5.91 Å². The number of nitrogens with zero attached hydrogens (tertiary/aromatic N) is 1. The number of aromatic hydroxyl groups is 1. The second-order valence-electron chi connectivity index (χ2n) is 3.05. The highest BCUT2D eigenvalue weighted by molar-refractivity contribution is 5.87. The van der Waals surface area contributed by atoms with Gasteiger partial charge < -0.3 is 10.8 Å². The number of nitrogens with one attached hydrogen (secondary N) is 1. The number of amides is 1. The number of phenols is 1. The molecule has 72 valence electrons. The lowest BCUT2D eigenvalue weighted by atomic mass is 10.1. The summed E-state index contributed by atoms with van der Waals surface area (Å²) in [4.78, 5) is 10.7. The number of nitrogens with two attached hydrogens (primary N) is 1. The molecule has 5 nitrogen and oxygen atoms in total. The lowest BCUT2D eigenvalue weighted by Gasteiger charge is -1.94. The van der Waals surface area contributed by atoms with Crippen molar-refractivity contribution in [2.75, 3.05) is 0 Å². The van der Waals surface area contributed by atoms with E-state index in [1.165, 1.54) is 6.07 Å². The number of rotatable bonds is 2. The number of hydrogen-bond donors (Lipinski definition) is 3. The number of fused-ring (bicyclic) bond motifs is 1. The Hall–Kier alpha value is -2.04. The summed E-state index contributed by atoms with van der Waals surface area (Å²) in [7, 11) is 0. The second kappa shape index (κ2) is 3.02. The van der Waals surface area contributed by atoms with Crippen molar-refractivity contribution in [1.29, 1.82) is 0 Å². The Morgan fingerprint density at radius 3 is 3.07 bits per heavy atom. The van der Waals surface area contributed by atoms with E-state index in [-0.39, 0.29) is 12.2 Å². The van der Waals surface area contributed by atoms with E-state index in [0.717, 1.165) is 5.39 Å². The molecule has 4 N–H and O–H groups in total. The van der Waals surface area contributed by atoms with Gasteiger partial charge in [0.1, 0.15) is 5.75 Å². The molecule has 1 heterocycles. The Balaban J connectivity index is 2.52. The van der Waals surface area contributed by atoms with E-state index in [1.54, 1.807) is 12.1 Å². The number of carbonyl (C=O) groups excluding carboxylic acids is 1. The second-order valence-corrected chi connectivity index (χ2v) is 3.05. The maximum Gasteiger partial charge on any atom is 0.223 e. The molecule has 0 aliphatic rings. The quantitative estimate of drug-likeness (QED) is 0.637. The fourth-order valence-electron chi connectivity index (χ4n) is 1.36. The normalized spacial score (nSPS) is 10.6. The van der Waals surface area contributed by atoms with Crippen LogP contribution in [-0.4, -0.2) is 21.2 Å².